The zero-order valence-electron chi connectivity index (χ0n) is 23.0. The van der Waals surface area contributed by atoms with Crippen LogP contribution in [0.25, 0.3) is 11.2 Å². The second-order valence-electron chi connectivity index (χ2n) is 9.38. The number of nitrogens with zero attached hydrogens (tertiary/aromatic N) is 4. The second kappa shape index (κ2) is 19.5. The smallest absolute Gasteiger partial charge is 0.412 e. The molecule has 2 rings (SSSR count). The van der Waals surface area contributed by atoms with Crippen LogP contribution in [0.2, 0.25) is 0 Å². The first-order valence-electron chi connectivity index (χ1n) is 13.9. The number of ether oxygens (including phenoxy) is 2. The average Bonchev–Trinajstić information content (AvgIpc) is 3.32. The number of carbonyl (C=O) groups is 1. The largest absolute Gasteiger partial charge is 0.449 e. The van der Waals surface area contributed by atoms with Gasteiger partial charge in [-0.3, -0.25) is 9.88 Å². The number of fused-ring (bicyclic) bond motifs is 1. The second-order valence-corrected chi connectivity index (χ2v) is 11.0. The fourth-order valence-electron chi connectivity index (χ4n) is 3.87. The van der Waals surface area contributed by atoms with E-state index in [9.17, 15) is 9.36 Å². The van der Waals surface area contributed by atoms with E-state index in [1.807, 2.05) is 0 Å². The zero-order valence-corrected chi connectivity index (χ0v) is 23.9. The molecule has 11 nitrogen and oxygen atoms in total. The molecule has 2 heterocycles. The van der Waals surface area contributed by atoms with Crippen LogP contribution in [0.4, 0.5) is 10.6 Å². The Kier molecular flexibility index (Phi) is 16.3. The highest BCUT2D eigenvalue weighted by Gasteiger charge is 2.15. The van der Waals surface area contributed by atoms with E-state index < -0.39 is 20.0 Å². The van der Waals surface area contributed by atoms with Crippen molar-refractivity contribution >= 4 is 30.7 Å². The Morgan fingerprint density at radius 2 is 1.64 bits per heavy atom. The highest BCUT2D eigenvalue weighted by Crippen LogP contribution is 2.33. The Morgan fingerprint density at radius 3 is 2.36 bits per heavy atom. The fourth-order valence-corrected chi connectivity index (χ4v) is 4.24. The van der Waals surface area contributed by atoms with Gasteiger partial charge in [0, 0.05) is 6.54 Å². The third-order valence-electron chi connectivity index (χ3n) is 5.94. The summed E-state index contributed by atoms with van der Waals surface area (Å²) >= 11 is 0. The molecule has 39 heavy (non-hydrogen) atoms. The highest BCUT2D eigenvalue weighted by molar-refractivity contribution is 7.51. The Bertz CT molecular complexity index is 1070. The van der Waals surface area contributed by atoms with E-state index in [4.69, 9.17) is 19.3 Å². The number of unbranched alkanes of at least 4 members (excludes halogenated alkanes) is 9. The number of imidazole rings is 1. The molecule has 0 aliphatic rings. The minimum atomic E-state index is -4.21. The van der Waals surface area contributed by atoms with Crippen LogP contribution >= 0.6 is 7.60 Å². The molecule has 0 radical (unpaired) electrons. The summed E-state index contributed by atoms with van der Waals surface area (Å²) in [5, 5.41) is 2.61. The third kappa shape index (κ3) is 15.0. The topological polar surface area (TPSA) is 149 Å². The van der Waals surface area contributed by atoms with Gasteiger partial charge < -0.3 is 23.8 Å². The minimum absolute atomic E-state index is 0.0690. The maximum absolute atomic E-state index is 12.2. The number of hydrogen-bond acceptors (Lipinski definition) is 7. The Balaban J connectivity index is 1.53. The van der Waals surface area contributed by atoms with Crippen molar-refractivity contribution in [2.24, 2.45) is 0 Å². The molecule has 2 aromatic rings. The summed E-state index contributed by atoms with van der Waals surface area (Å²) in [6, 6.07) is 0. The van der Waals surface area contributed by atoms with Crippen LogP contribution in [0.3, 0.4) is 0 Å². The van der Waals surface area contributed by atoms with Gasteiger partial charge in [0.1, 0.15) is 12.7 Å². The normalized spacial score (nSPS) is 12.2. The molecule has 0 saturated heterocycles. The average molecular weight is 566 g/mol. The van der Waals surface area contributed by atoms with E-state index in [-0.39, 0.29) is 19.0 Å². The van der Waals surface area contributed by atoms with Gasteiger partial charge in [-0.25, -0.2) is 19.7 Å². The van der Waals surface area contributed by atoms with Gasteiger partial charge in [0.25, 0.3) is 0 Å². The predicted molar refractivity (Wildman–Crippen MR) is 153 cm³/mol. The number of hydrogen-bond donors (Lipinski definition) is 3. The van der Waals surface area contributed by atoms with Crippen LogP contribution in [-0.2, 0) is 20.6 Å². The lowest BCUT2D eigenvalue weighted by molar-refractivity contribution is 0.149. The first-order valence-corrected chi connectivity index (χ1v) is 15.7. The molecule has 0 atom stereocenters. The van der Waals surface area contributed by atoms with Gasteiger partial charge in [-0.05, 0) is 38.5 Å². The molecular weight excluding hydrogens is 521 g/mol. The predicted octanol–water partition coefficient (Wildman–Crippen LogP) is 6.34. The zero-order chi connectivity index (χ0) is 28.2. The van der Waals surface area contributed by atoms with Crippen LogP contribution in [0.15, 0.2) is 37.0 Å². The van der Waals surface area contributed by atoms with Crippen LogP contribution in [0.1, 0.15) is 84.0 Å². The van der Waals surface area contributed by atoms with E-state index in [1.165, 1.54) is 57.6 Å². The summed E-state index contributed by atoms with van der Waals surface area (Å²) in [5.41, 5.74) is 0.850. The summed E-state index contributed by atoms with van der Waals surface area (Å²) in [6.07, 6.45) is 24.4. The first-order chi connectivity index (χ1) is 18.9. The quantitative estimate of drug-likeness (QED) is 0.0895. The maximum atomic E-state index is 12.2. The van der Waals surface area contributed by atoms with Gasteiger partial charge in [-0.2, -0.15) is 0 Å². The van der Waals surface area contributed by atoms with E-state index >= 15 is 0 Å². The van der Waals surface area contributed by atoms with Gasteiger partial charge >= 0.3 is 13.7 Å². The molecule has 2 aromatic heterocycles. The Labute approximate surface area is 231 Å². The van der Waals surface area contributed by atoms with Crippen molar-refractivity contribution in [1.29, 1.82) is 0 Å². The summed E-state index contributed by atoms with van der Waals surface area (Å²) in [6.45, 7) is 2.91. The molecule has 0 aromatic carbocycles. The highest BCUT2D eigenvalue weighted by atomic mass is 31.2. The lowest BCUT2D eigenvalue weighted by Gasteiger charge is -2.08. The van der Waals surface area contributed by atoms with E-state index in [0.717, 1.165) is 32.1 Å². The molecule has 3 N–H and O–H groups in total. The number of rotatable bonds is 21. The van der Waals surface area contributed by atoms with Crippen molar-refractivity contribution < 1.29 is 28.6 Å². The lowest BCUT2D eigenvalue weighted by Crippen LogP contribution is -2.16. The third-order valence-corrected chi connectivity index (χ3v) is 6.45. The number of nitrogens with one attached hydrogen (secondary N) is 1. The summed E-state index contributed by atoms with van der Waals surface area (Å²) in [4.78, 5) is 42.4. The maximum Gasteiger partial charge on any atom is 0.412 e. The van der Waals surface area contributed by atoms with Crippen molar-refractivity contribution in [3.05, 3.63) is 37.0 Å². The standard InChI is InChI=1S/C27H44N5O6P/c1-2-3-4-5-6-7-8-9-10-11-12-13-14-15-16-17-19-38-27(33)31-25-24-26(29-21-28-25)32(22-30-24)18-20-37-23-39(34,35)36/h6-7,9-10,21-22H,2-5,8,11-20,23H2,1H3,(H2,34,35,36)(H,28,29,31,33)/b7-6-,10-9-. The molecule has 0 aliphatic heterocycles. The van der Waals surface area contributed by atoms with Gasteiger partial charge in [-0.15, -0.1) is 0 Å². The van der Waals surface area contributed by atoms with Crippen molar-refractivity contribution in [1.82, 2.24) is 19.5 Å². The van der Waals surface area contributed by atoms with Gasteiger partial charge in [0.2, 0.25) is 0 Å². The SMILES string of the molecule is CCCCC/C=C\C/C=C\CCCCCCCCOC(=O)Nc1ncnc2c1ncn2CCOCP(=O)(O)O. The van der Waals surface area contributed by atoms with Crippen molar-refractivity contribution in [3.8, 4) is 0 Å². The van der Waals surface area contributed by atoms with Crippen molar-refractivity contribution in [2.45, 2.75) is 90.5 Å². The van der Waals surface area contributed by atoms with Gasteiger partial charge in [-0.1, -0.05) is 69.8 Å². The molecule has 1 amide bonds. The van der Waals surface area contributed by atoms with Crippen LogP contribution in [-0.4, -0.2) is 55.0 Å². The number of carbonyl (C=O) groups excluding carboxylic acids is 1. The van der Waals surface area contributed by atoms with Crippen molar-refractivity contribution in [3.63, 3.8) is 0 Å². The molecule has 0 fully saturated rings. The molecule has 12 heteroatoms. The number of allylic oxidation sites excluding steroid dienone is 4. The molecule has 218 valence electrons. The first kappa shape index (κ1) is 32.6. The number of amides is 1. The lowest BCUT2D eigenvalue weighted by atomic mass is 10.1. The Hall–Kier alpha value is -2.59. The monoisotopic (exact) mass is 565 g/mol. The molecule has 0 bridgehead atoms. The summed E-state index contributed by atoms with van der Waals surface area (Å²) in [7, 11) is -4.21. The molecule has 0 saturated carbocycles. The van der Waals surface area contributed by atoms with Gasteiger partial charge in [0.05, 0.1) is 19.5 Å². The molecular formula is C27H44N5O6P. The number of anilines is 1. The van der Waals surface area contributed by atoms with Crippen molar-refractivity contribution in [2.75, 3.05) is 24.9 Å². The summed E-state index contributed by atoms with van der Waals surface area (Å²) in [5.74, 6) is 0.233. The van der Waals surface area contributed by atoms with Crippen LogP contribution in [0.5, 0.6) is 0 Å². The summed E-state index contributed by atoms with van der Waals surface area (Å²) < 4.78 is 22.8. The Morgan fingerprint density at radius 1 is 0.949 bits per heavy atom. The van der Waals surface area contributed by atoms with Gasteiger partial charge in [0.15, 0.2) is 17.0 Å². The molecule has 0 spiro atoms. The number of aromatic nitrogens is 4. The minimum Gasteiger partial charge on any atom is -0.449 e. The van der Waals surface area contributed by atoms with E-state index in [1.54, 1.807) is 4.57 Å². The van der Waals surface area contributed by atoms with E-state index in [0.29, 0.717) is 17.8 Å². The molecule has 0 unspecified atom stereocenters. The molecule has 0 aliphatic carbocycles. The van der Waals surface area contributed by atoms with E-state index in [2.05, 4.69) is 51.5 Å². The fraction of sp³-hybridized carbons (Fsp3) is 0.630. The van der Waals surface area contributed by atoms with Crippen LogP contribution < -0.4 is 5.32 Å². The van der Waals surface area contributed by atoms with Crippen LogP contribution in [0, 0.1) is 0 Å².